The maximum Gasteiger partial charge on any atom is 0.245 e. The predicted molar refractivity (Wildman–Crippen MR) is 86.2 cm³/mol. The van der Waals surface area contributed by atoms with Crippen LogP contribution in [0.5, 0.6) is 0 Å². The zero-order chi connectivity index (χ0) is 15.4. The van der Waals surface area contributed by atoms with Crippen LogP contribution in [0.1, 0.15) is 24.5 Å². The number of nitrogens with one attached hydrogen (secondary N) is 1. The summed E-state index contributed by atoms with van der Waals surface area (Å²) in [6, 6.07) is 0. The summed E-state index contributed by atoms with van der Waals surface area (Å²) < 4.78 is 0. The molecule has 1 aliphatic heterocycles. The number of hydrogen-bond acceptors (Lipinski definition) is 6. The minimum absolute atomic E-state index is 0.00200. The number of hydrogen-bond donors (Lipinski definition) is 1. The van der Waals surface area contributed by atoms with Crippen LogP contribution < -0.4 is 5.32 Å². The van der Waals surface area contributed by atoms with Gasteiger partial charge in [0, 0.05) is 36.8 Å². The van der Waals surface area contributed by atoms with Gasteiger partial charge in [-0.25, -0.2) is 9.97 Å². The summed E-state index contributed by atoms with van der Waals surface area (Å²) in [5.41, 5.74) is 1.03. The van der Waals surface area contributed by atoms with E-state index in [2.05, 4.69) is 26.8 Å². The van der Waals surface area contributed by atoms with Crippen molar-refractivity contribution in [1.82, 2.24) is 19.9 Å². The summed E-state index contributed by atoms with van der Waals surface area (Å²) in [6.07, 6.45) is 8.35. The highest BCUT2D eigenvalue weighted by atomic mass is 32.1. The fourth-order valence-electron chi connectivity index (χ4n) is 2.55. The van der Waals surface area contributed by atoms with E-state index in [0.717, 1.165) is 30.2 Å². The SMILES string of the molecule is C=CC(=O)N1CCCC(c2csc(Nc3cnccn3)n2)C1. The van der Waals surface area contributed by atoms with Gasteiger partial charge in [0.2, 0.25) is 5.91 Å². The highest BCUT2D eigenvalue weighted by Gasteiger charge is 2.25. The molecule has 3 heterocycles. The van der Waals surface area contributed by atoms with Gasteiger partial charge < -0.3 is 10.2 Å². The largest absolute Gasteiger partial charge is 0.339 e. The van der Waals surface area contributed by atoms with Crippen LogP contribution in [0.4, 0.5) is 10.9 Å². The van der Waals surface area contributed by atoms with Crippen LogP contribution in [-0.2, 0) is 4.79 Å². The Morgan fingerprint density at radius 3 is 3.18 bits per heavy atom. The Morgan fingerprint density at radius 2 is 2.41 bits per heavy atom. The Bertz CT molecular complexity index is 657. The van der Waals surface area contributed by atoms with E-state index >= 15 is 0 Å². The second-order valence-electron chi connectivity index (χ2n) is 5.12. The molecular formula is C15H17N5OS. The molecule has 0 saturated carbocycles. The quantitative estimate of drug-likeness (QED) is 0.878. The molecule has 1 atom stereocenters. The highest BCUT2D eigenvalue weighted by molar-refractivity contribution is 7.13. The summed E-state index contributed by atoms with van der Waals surface area (Å²) in [5, 5.41) is 5.99. The average Bonchev–Trinajstić information content (AvgIpc) is 3.04. The third-order valence-electron chi connectivity index (χ3n) is 3.65. The Hall–Kier alpha value is -2.28. The van der Waals surface area contributed by atoms with Crippen molar-refractivity contribution >= 4 is 28.2 Å². The topological polar surface area (TPSA) is 71.0 Å². The van der Waals surface area contributed by atoms with Gasteiger partial charge >= 0.3 is 0 Å². The molecule has 1 aliphatic rings. The van der Waals surface area contributed by atoms with E-state index in [1.165, 1.54) is 17.4 Å². The van der Waals surface area contributed by atoms with Crippen molar-refractivity contribution in [3.05, 3.63) is 42.3 Å². The summed E-state index contributed by atoms with van der Waals surface area (Å²) in [4.78, 5) is 26.4. The van der Waals surface area contributed by atoms with Gasteiger partial charge in [0.1, 0.15) is 0 Å². The minimum Gasteiger partial charge on any atom is -0.339 e. The third kappa shape index (κ3) is 3.30. The number of anilines is 2. The van der Waals surface area contributed by atoms with Gasteiger partial charge in [-0.2, -0.15) is 0 Å². The molecule has 6 nitrogen and oxygen atoms in total. The molecule has 114 valence electrons. The van der Waals surface area contributed by atoms with Crippen LogP contribution in [-0.4, -0.2) is 38.8 Å². The predicted octanol–water partition coefficient (Wildman–Crippen LogP) is 2.57. The molecule has 2 aromatic rings. The number of carbonyl (C=O) groups is 1. The van der Waals surface area contributed by atoms with E-state index in [9.17, 15) is 4.79 Å². The number of rotatable bonds is 4. The number of carbonyl (C=O) groups excluding carboxylic acids is 1. The molecule has 7 heteroatoms. The number of amides is 1. The van der Waals surface area contributed by atoms with Gasteiger partial charge in [-0.05, 0) is 18.9 Å². The molecule has 0 aliphatic carbocycles. The Kier molecular flexibility index (Phi) is 4.43. The summed E-state index contributed by atoms with van der Waals surface area (Å²) in [6.45, 7) is 5.07. The number of thiazole rings is 1. The first kappa shape index (κ1) is 14.6. The van der Waals surface area contributed by atoms with Crippen molar-refractivity contribution in [2.75, 3.05) is 18.4 Å². The molecule has 1 amide bonds. The second kappa shape index (κ2) is 6.65. The van der Waals surface area contributed by atoms with E-state index in [-0.39, 0.29) is 11.8 Å². The standard InChI is InChI=1S/C15H17N5OS/c1-2-14(21)20-7-3-4-11(9-20)12-10-22-15(18-12)19-13-8-16-5-6-17-13/h2,5-6,8,10-11H,1,3-4,7,9H2,(H,17,18,19). The summed E-state index contributed by atoms with van der Waals surface area (Å²) in [5.74, 6) is 0.958. The number of likely N-dealkylation sites (tertiary alicyclic amines) is 1. The van der Waals surface area contributed by atoms with Crippen LogP contribution >= 0.6 is 11.3 Å². The smallest absolute Gasteiger partial charge is 0.245 e. The molecule has 1 unspecified atom stereocenters. The molecule has 1 saturated heterocycles. The number of piperidine rings is 1. The molecule has 0 bridgehead atoms. The van der Waals surface area contributed by atoms with Crippen LogP contribution in [0.25, 0.3) is 0 Å². The van der Waals surface area contributed by atoms with Crippen LogP contribution in [0, 0.1) is 0 Å². The maximum atomic E-state index is 11.8. The van der Waals surface area contributed by atoms with Gasteiger partial charge in [0.15, 0.2) is 10.9 Å². The van der Waals surface area contributed by atoms with E-state index in [4.69, 9.17) is 0 Å². The first-order valence-electron chi connectivity index (χ1n) is 7.16. The second-order valence-corrected chi connectivity index (χ2v) is 5.98. The van der Waals surface area contributed by atoms with Crippen molar-refractivity contribution in [1.29, 1.82) is 0 Å². The molecule has 0 aromatic carbocycles. The van der Waals surface area contributed by atoms with Gasteiger partial charge in [-0.1, -0.05) is 6.58 Å². The molecule has 0 spiro atoms. The lowest BCUT2D eigenvalue weighted by Gasteiger charge is -2.31. The maximum absolute atomic E-state index is 11.8. The van der Waals surface area contributed by atoms with E-state index in [1.807, 2.05) is 10.3 Å². The zero-order valence-corrected chi connectivity index (χ0v) is 12.9. The number of aromatic nitrogens is 3. The molecule has 22 heavy (non-hydrogen) atoms. The Morgan fingerprint density at radius 1 is 1.50 bits per heavy atom. The van der Waals surface area contributed by atoms with Crippen molar-refractivity contribution in [3.63, 3.8) is 0 Å². The average molecular weight is 315 g/mol. The van der Waals surface area contributed by atoms with E-state index in [1.54, 1.807) is 18.6 Å². The van der Waals surface area contributed by atoms with Crippen LogP contribution in [0.3, 0.4) is 0 Å². The molecule has 1 N–H and O–H groups in total. The summed E-state index contributed by atoms with van der Waals surface area (Å²) >= 11 is 1.54. The molecule has 3 rings (SSSR count). The third-order valence-corrected chi connectivity index (χ3v) is 4.42. The van der Waals surface area contributed by atoms with Crippen molar-refractivity contribution in [2.24, 2.45) is 0 Å². The van der Waals surface area contributed by atoms with Crippen molar-refractivity contribution in [3.8, 4) is 0 Å². The Labute approximate surface area is 132 Å². The van der Waals surface area contributed by atoms with Crippen molar-refractivity contribution < 1.29 is 4.79 Å². The zero-order valence-electron chi connectivity index (χ0n) is 12.1. The number of nitrogens with zero attached hydrogens (tertiary/aromatic N) is 4. The van der Waals surface area contributed by atoms with Gasteiger partial charge in [-0.3, -0.25) is 9.78 Å². The lowest BCUT2D eigenvalue weighted by atomic mass is 9.95. The highest BCUT2D eigenvalue weighted by Crippen LogP contribution is 2.30. The van der Waals surface area contributed by atoms with Crippen molar-refractivity contribution in [2.45, 2.75) is 18.8 Å². The van der Waals surface area contributed by atoms with Crippen LogP contribution in [0.15, 0.2) is 36.6 Å². The molecule has 2 aromatic heterocycles. The van der Waals surface area contributed by atoms with Gasteiger partial charge in [0.05, 0.1) is 11.9 Å². The van der Waals surface area contributed by atoms with Crippen LogP contribution in [0.2, 0.25) is 0 Å². The fourth-order valence-corrected chi connectivity index (χ4v) is 3.35. The first-order chi connectivity index (χ1) is 10.8. The lowest BCUT2D eigenvalue weighted by molar-refractivity contribution is -0.127. The van der Waals surface area contributed by atoms with Gasteiger partial charge in [-0.15, -0.1) is 11.3 Å². The normalized spacial score (nSPS) is 18.0. The lowest BCUT2D eigenvalue weighted by Crippen LogP contribution is -2.38. The van der Waals surface area contributed by atoms with E-state index < -0.39 is 0 Å². The monoisotopic (exact) mass is 315 g/mol. The summed E-state index contributed by atoms with van der Waals surface area (Å²) in [7, 11) is 0. The minimum atomic E-state index is -0.00200. The molecule has 1 fully saturated rings. The Balaban J connectivity index is 1.68. The molecular weight excluding hydrogens is 298 g/mol. The molecule has 0 radical (unpaired) electrons. The van der Waals surface area contributed by atoms with E-state index in [0.29, 0.717) is 12.4 Å². The van der Waals surface area contributed by atoms with Gasteiger partial charge in [0.25, 0.3) is 0 Å². The first-order valence-corrected chi connectivity index (χ1v) is 8.04. The fraction of sp³-hybridized carbons (Fsp3) is 0.333.